The van der Waals surface area contributed by atoms with Crippen LogP contribution in [0.3, 0.4) is 0 Å². The smallest absolute Gasteiger partial charge is 0.180 e. The summed E-state index contributed by atoms with van der Waals surface area (Å²) in [5.74, 6) is 2.44. The van der Waals surface area contributed by atoms with Crippen molar-refractivity contribution in [1.82, 2.24) is 9.97 Å². The van der Waals surface area contributed by atoms with Gasteiger partial charge in [-0.15, -0.1) is 0 Å². The Morgan fingerprint density at radius 2 is 0.965 bits per heavy atom. The second-order valence-corrected chi connectivity index (χ2v) is 14.8. The lowest BCUT2D eigenvalue weighted by molar-refractivity contribution is 0.436. The van der Waals surface area contributed by atoms with Gasteiger partial charge in [-0.2, -0.15) is 0 Å². The Morgan fingerprint density at radius 3 is 1.74 bits per heavy atom. The monoisotopic (exact) mass is 728 g/mol. The second kappa shape index (κ2) is 12.2. The van der Waals surface area contributed by atoms with Crippen LogP contribution in [-0.2, 0) is 5.41 Å². The zero-order valence-electron chi connectivity index (χ0n) is 30.7. The van der Waals surface area contributed by atoms with Crippen molar-refractivity contribution >= 4 is 22.1 Å². The van der Waals surface area contributed by atoms with Gasteiger partial charge in [-0.25, -0.2) is 9.97 Å². The molecule has 0 fully saturated rings. The number of fused-ring (bicyclic) bond motifs is 12. The quantitative estimate of drug-likeness (QED) is 0.181. The predicted octanol–water partition coefficient (Wildman–Crippen LogP) is 13.5. The van der Waals surface area contributed by atoms with Crippen LogP contribution in [0.15, 0.2) is 199 Å². The Hall–Kier alpha value is -7.56. The lowest BCUT2D eigenvalue weighted by Gasteiger charge is -2.39. The molecule has 1 spiro atoms. The number of hydrogen-bond acceptors (Lipinski definition) is 4. The molecule has 8 aromatic carbocycles. The van der Waals surface area contributed by atoms with Crippen molar-refractivity contribution in [2.45, 2.75) is 5.41 Å². The Labute approximate surface area is 329 Å². The van der Waals surface area contributed by atoms with Crippen LogP contribution in [-0.4, -0.2) is 9.97 Å². The maximum Gasteiger partial charge on any atom is 0.180 e. The van der Waals surface area contributed by atoms with Crippen molar-refractivity contribution in [3.63, 3.8) is 0 Å². The zero-order chi connectivity index (χ0) is 37.5. The maximum atomic E-state index is 6.59. The number of hydrogen-bond donors (Lipinski definition) is 0. The largest absolute Gasteiger partial charge is 0.457 e. The molecule has 0 saturated heterocycles. The van der Waals surface area contributed by atoms with E-state index in [1.54, 1.807) is 0 Å². The first kappa shape index (κ1) is 31.8. The van der Waals surface area contributed by atoms with Gasteiger partial charge in [0.15, 0.2) is 11.4 Å². The minimum absolute atomic E-state index is 0.538. The van der Waals surface area contributed by atoms with E-state index in [0.717, 1.165) is 78.2 Å². The summed E-state index contributed by atoms with van der Waals surface area (Å²) >= 11 is 0. The van der Waals surface area contributed by atoms with Crippen LogP contribution < -0.4 is 4.74 Å². The fraction of sp³-hybridized carbons (Fsp3) is 0.0189. The van der Waals surface area contributed by atoms with E-state index < -0.39 is 5.41 Å². The summed E-state index contributed by atoms with van der Waals surface area (Å²) in [6.07, 6.45) is 0. The topological polar surface area (TPSA) is 48.2 Å². The Kier molecular flexibility index (Phi) is 6.81. The lowest BCUT2D eigenvalue weighted by atomic mass is 9.66. The molecule has 0 bridgehead atoms. The number of nitrogens with zero attached hydrogens (tertiary/aromatic N) is 2. The molecule has 0 atom stereocenters. The molecule has 0 unspecified atom stereocenters. The summed E-state index contributed by atoms with van der Waals surface area (Å²) in [5.41, 5.74) is 16.3. The number of furan rings is 1. The Morgan fingerprint density at radius 1 is 0.386 bits per heavy atom. The molecule has 2 aromatic heterocycles. The third-order valence-corrected chi connectivity index (χ3v) is 11.8. The average molecular weight is 729 g/mol. The number of ether oxygens (including phenoxy) is 1. The molecule has 4 nitrogen and oxygen atoms in total. The summed E-state index contributed by atoms with van der Waals surface area (Å²) in [4.78, 5) is 10.2. The van der Waals surface area contributed by atoms with Gasteiger partial charge in [-0.3, -0.25) is 0 Å². The van der Waals surface area contributed by atoms with Crippen molar-refractivity contribution in [2.24, 2.45) is 0 Å². The highest BCUT2D eigenvalue weighted by molar-refractivity contribution is 6.07. The van der Waals surface area contributed by atoms with Gasteiger partial charge in [-0.1, -0.05) is 158 Å². The van der Waals surface area contributed by atoms with E-state index in [1.165, 1.54) is 22.3 Å². The summed E-state index contributed by atoms with van der Waals surface area (Å²) in [6, 6.07) is 68.5. The first-order chi connectivity index (χ1) is 28.3. The predicted molar refractivity (Wildman–Crippen MR) is 228 cm³/mol. The molecular weight excluding hydrogens is 697 g/mol. The van der Waals surface area contributed by atoms with Crippen LogP contribution >= 0.6 is 0 Å². The van der Waals surface area contributed by atoms with E-state index in [1.807, 2.05) is 36.4 Å². The molecule has 4 heteroatoms. The third kappa shape index (κ3) is 4.62. The van der Waals surface area contributed by atoms with Gasteiger partial charge in [0.1, 0.15) is 28.3 Å². The Bertz CT molecular complexity index is 3190. The molecule has 57 heavy (non-hydrogen) atoms. The normalized spacial score (nSPS) is 13.2. The molecule has 0 radical (unpaired) electrons. The van der Waals surface area contributed by atoms with Gasteiger partial charge in [0.05, 0.1) is 5.41 Å². The summed E-state index contributed by atoms with van der Waals surface area (Å²) in [5, 5.41) is 0.973. The number of para-hydroxylation sites is 3. The minimum Gasteiger partial charge on any atom is -0.457 e. The van der Waals surface area contributed by atoms with E-state index in [0.29, 0.717) is 11.4 Å². The molecule has 0 saturated carbocycles. The van der Waals surface area contributed by atoms with Gasteiger partial charge in [0.2, 0.25) is 0 Å². The molecule has 0 N–H and O–H groups in total. The van der Waals surface area contributed by atoms with E-state index in [2.05, 4.69) is 158 Å². The van der Waals surface area contributed by atoms with Crippen molar-refractivity contribution in [2.75, 3.05) is 0 Å². The van der Waals surface area contributed by atoms with Gasteiger partial charge < -0.3 is 9.15 Å². The highest BCUT2D eigenvalue weighted by Crippen LogP contribution is 2.62. The SMILES string of the molecule is c1ccc(-c2nc(-c3cccc(-c4ccccc4-c4ccc5c(c4)C4(c6ccccc6Oc6ccccc64)c4ccccc4-5)c3)c3oc4ccccc4c3n2)cc1. The Balaban J connectivity index is 1.05. The van der Waals surface area contributed by atoms with Crippen LogP contribution in [0.2, 0.25) is 0 Å². The zero-order valence-corrected chi connectivity index (χ0v) is 30.7. The van der Waals surface area contributed by atoms with Gasteiger partial charge in [0.25, 0.3) is 0 Å². The fourth-order valence-electron chi connectivity index (χ4n) is 9.35. The van der Waals surface area contributed by atoms with E-state index in [4.69, 9.17) is 19.1 Å². The van der Waals surface area contributed by atoms with Crippen molar-refractivity contribution < 1.29 is 9.15 Å². The first-order valence-electron chi connectivity index (χ1n) is 19.3. The average Bonchev–Trinajstić information content (AvgIpc) is 3.80. The van der Waals surface area contributed by atoms with Gasteiger partial charge >= 0.3 is 0 Å². The van der Waals surface area contributed by atoms with E-state index in [-0.39, 0.29) is 0 Å². The highest BCUT2D eigenvalue weighted by atomic mass is 16.5. The van der Waals surface area contributed by atoms with Crippen LogP contribution in [0.25, 0.3) is 78.1 Å². The van der Waals surface area contributed by atoms with Crippen molar-refractivity contribution in [3.8, 4) is 67.5 Å². The molecule has 3 heterocycles. The molecule has 10 aromatic rings. The van der Waals surface area contributed by atoms with Crippen molar-refractivity contribution in [3.05, 3.63) is 216 Å². The maximum absolute atomic E-state index is 6.59. The van der Waals surface area contributed by atoms with Crippen LogP contribution in [0.4, 0.5) is 0 Å². The van der Waals surface area contributed by atoms with E-state index >= 15 is 0 Å². The highest BCUT2D eigenvalue weighted by Gasteiger charge is 2.51. The molecule has 2 aliphatic rings. The van der Waals surface area contributed by atoms with Crippen LogP contribution in [0, 0.1) is 0 Å². The molecule has 0 amide bonds. The second-order valence-electron chi connectivity index (χ2n) is 14.8. The van der Waals surface area contributed by atoms with Crippen molar-refractivity contribution in [1.29, 1.82) is 0 Å². The molecule has 1 aliphatic carbocycles. The molecule has 12 rings (SSSR count). The minimum atomic E-state index is -0.538. The molecular formula is C53H32N2O2. The molecule has 1 aliphatic heterocycles. The summed E-state index contributed by atoms with van der Waals surface area (Å²) in [6.45, 7) is 0. The number of aromatic nitrogens is 2. The van der Waals surface area contributed by atoms with Crippen LogP contribution in [0.1, 0.15) is 22.3 Å². The number of benzene rings is 8. The number of rotatable bonds is 4. The summed E-state index contributed by atoms with van der Waals surface area (Å²) in [7, 11) is 0. The first-order valence-corrected chi connectivity index (χ1v) is 19.3. The lowest BCUT2D eigenvalue weighted by Crippen LogP contribution is -2.32. The van der Waals surface area contributed by atoms with E-state index in [9.17, 15) is 0 Å². The fourth-order valence-corrected chi connectivity index (χ4v) is 9.35. The summed E-state index contributed by atoms with van der Waals surface area (Å²) < 4.78 is 13.1. The van der Waals surface area contributed by atoms with Gasteiger partial charge in [0, 0.05) is 27.6 Å². The standard InChI is InChI=1S/C53H32N2O2/c1-2-15-33(16-3-1)52-54-49(51-50(55-52)41-22-7-11-26-46(41)57-51)36-18-14-17-34(31-36)37-19-4-5-20-38(37)35-29-30-40-39-21-6-8-23-42(39)53(45(40)32-35)43-24-9-12-27-47(43)56-48-28-13-10-25-44(48)53/h1-32H. The third-order valence-electron chi connectivity index (χ3n) is 11.8. The molecule has 266 valence electrons. The van der Waals surface area contributed by atoms with Gasteiger partial charge in [-0.05, 0) is 80.9 Å². The van der Waals surface area contributed by atoms with Crippen LogP contribution in [0.5, 0.6) is 11.5 Å².